The predicted molar refractivity (Wildman–Crippen MR) is 98.6 cm³/mol. The molecule has 2 aromatic carbocycles. The van der Waals surface area contributed by atoms with Crippen LogP contribution in [0.5, 0.6) is 0 Å². The van der Waals surface area contributed by atoms with E-state index in [4.69, 9.17) is 5.26 Å². The highest BCUT2D eigenvalue weighted by Crippen LogP contribution is 2.23. The quantitative estimate of drug-likeness (QED) is 0.673. The summed E-state index contributed by atoms with van der Waals surface area (Å²) >= 11 is 3.49. The second-order valence-electron chi connectivity index (χ2n) is 5.14. The minimum absolute atomic E-state index is 0.427. The monoisotopic (exact) mass is 379 g/mol. The molecule has 0 radical (unpaired) electrons. The number of para-hydroxylation sites is 1. The van der Waals surface area contributed by atoms with Crippen molar-refractivity contribution in [3.05, 3.63) is 70.3 Å². The normalized spacial score (nSPS) is 10.0. The van der Waals surface area contributed by atoms with Gasteiger partial charge in [-0.15, -0.1) is 0 Å². The Morgan fingerprint density at radius 3 is 2.71 bits per heavy atom. The molecule has 0 saturated heterocycles. The summed E-state index contributed by atoms with van der Waals surface area (Å²) in [5.41, 5.74) is 3.30. The summed E-state index contributed by atoms with van der Waals surface area (Å²) in [7, 11) is 0. The number of aromatic nitrogens is 2. The van der Waals surface area contributed by atoms with Crippen LogP contribution in [0, 0.1) is 18.3 Å². The Balaban J connectivity index is 1.81. The Morgan fingerprint density at radius 2 is 1.92 bits per heavy atom. The number of nitrogens with one attached hydrogen (secondary N) is 2. The zero-order chi connectivity index (χ0) is 16.9. The average Bonchev–Trinajstić information content (AvgIpc) is 2.59. The number of aryl methyl sites for hydroxylation is 1. The van der Waals surface area contributed by atoms with E-state index in [0.717, 1.165) is 15.7 Å². The van der Waals surface area contributed by atoms with Gasteiger partial charge in [-0.1, -0.05) is 28.1 Å². The molecule has 24 heavy (non-hydrogen) atoms. The fraction of sp³-hybridized carbons (Fsp3) is 0.0556. The first-order chi connectivity index (χ1) is 11.7. The minimum Gasteiger partial charge on any atom is -0.340 e. The van der Waals surface area contributed by atoms with Crippen molar-refractivity contribution >= 4 is 39.1 Å². The van der Waals surface area contributed by atoms with Crippen LogP contribution in [0.4, 0.5) is 23.1 Å². The van der Waals surface area contributed by atoms with Crippen LogP contribution in [0.2, 0.25) is 0 Å². The van der Waals surface area contributed by atoms with Crippen molar-refractivity contribution in [3.8, 4) is 6.07 Å². The van der Waals surface area contributed by atoms with E-state index < -0.39 is 0 Å². The lowest BCUT2D eigenvalue weighted by atomic mass is 10.2. The van der Waals surface area contributed by atoms with Crippen molar-refractivity contribution in [2.75, 3.05) is 10.6 Å². The molecule has 0 aliphatic heterocycles. The second kappa shape index (κ2) is 7.11. The molecule has 0 aliphatic carbocycles. The Morgan fingerprint density at radius 1 is 1.08 bits per heavy atom. The standard InChI is InChI=1S/C18H14BrN5/c1-12-10-14(6-7-15(12)19)22-17-8-9-21-18(24-17)23-16-5-3-2-4-13(16)11-20/h2-10H,1H3,(H2,21,22,23,24). The first kappa shape index (κ1) is 16.0. The van der Waals surface area contributed by atoms with Gasteiger partial charge in [-0.05, 0) is 48.9 Å². The van der Waals surface area contributed by atoms with Gasteiger partial charge in [0.05, 0.1) is 11.3 Å². The molecule has 6 heteroatoms. The van der Waals surface area contributed by atoms with E-state index in [1.54, 1.807) is 18.3 Å². The number of rotatable bonds is 4. The number of benzene rings is 2. The lowest BCUT2D eigenvalue weighted by molar-refractivity contribution is 1.16. The molecular formula is C18H14BrN5. The molecule has 0 aliphatic rings. The van der Waals surface area contributed by atoms with Crippen LogP contribution >= 0.6 is 15.9 Å². The van der Waals surface area contributed by atoms with Crippen molar-refractivity contribution in [2.24, 2.45) is 0 Å². The van der Waals surface area contributed by atoms with Crippen molar-refractivity contribution < 1.29 is 0 Å². The maximum atomic E-state index is 9.15. The summed E-state index contributed by atoms with van der Waals surface area (Å²) in [5, 5.41) is 15.5. The molecule has 5 nitrogen and oxygen atoms in total. The van der Waals surface area contributed by atoms with Gasteiger partial charge >= 0.3 is 0 Å². The van der Waals surface area contributed by atoms with Gasteiger partial charge in [-0.25, -0.2) is 4.98 Å². The van der Waals surface area contributed by atoms with E-state index >= 15 is 0 Å². The molecule has 1 aromatic heterocycles. The minimum atomic E-state index is 0.427. The van der Waals surface area contributed by atoms with Gasteiger partial charge < -0.3 is 10.6 Å². The van der Waals surface area contributed by atoms with Crippen LogP contribution in [0.15, 0.2) is 59.2 Å². The topological polar surface area (TPSA) is 73.6 Å². The third-order valence-corrected chi connectivity index (χ3v) is 4.27. The number of hydrogen-bond donors (Lipinski definition) is 2. The molecule has 0 fully saturated rings. The smallest absolute Gasteiger partial charge is 0.229 e. The van der Waals surface area contributed by atoms with E-state index in [0.29, 0.717) is 23.0 Å². The fourth-order valence-electron chi connectivity index (χ4n) is 2.17. The third-order valence-electron chi connectivity index (χ3n) is 3.38. The molecule has 2 N–H and O–H groups in total. The van der Waals surface area contributed by atoms with E-state index in [-0.39, 0.29) is 0 Å². The summed E-state index contributed by atoms with van der Waals surface area (Å²) in [4.78, 5) is 8.64. The van der Waals surface area contributed by atoms with Gasteiger partial charge in [-0.3, -0.25) is 0 Å². The molecule has 3 aromatic rings. The number of nitriles is 1. The van der Waals surface area contributed by atoms with Gasteiger partial charge in [0, 0.05) is 16.4 Å². The molecule has 0 atom stereocenters. The third kappa shape index (κ3) is 3.70. The van der Waals surface area contributed by atoms with Gasteiger partial charge in [0.25, 0.3) is 0 Å². The van der Waals surface area contributed by atoms with Crippen LogP contribution in [-0.4, -0.2) is 9.97 Å². The van der Waals surface area contributed by atoms with Crippen LogP contribution in [0.3, 0.4) is 0 Å². The van der Waals surface area contributed by atoms with Gasteiger partial charge in [0.15, 0.2) is 0 Å². The molecule has 1 heterocycles. The van der Waals surface area contributed by atoms with Crippen LogP contribution in [0.1, 0.15) is 11.1 Å². The predicted octanol–water partition coefficient (Wildman–Crippen LogP) is 4.91. The summed E-state index contributed by atoms with van der Waals surface area (Å²) in [6.07, 6.45) is 1.67. The van der Waals surface area contributed by atoms with Crippen LogP contribution in [-0.2, 0) is 0 Å². The van der Waals surface area contributed by atoms with E-state index in [9.17, 15) is 0 Å². The maximum absolute atomic E-state index is 9.15. The summed E-state index contributed by atoms with van der Waals surface area (Å²) in [6.45, 7) is 2.03. The van der Waals surface area contributed by atoms with Crippen LogP contribution < -0.4 is 10.6 Å². The zero-order valence-electron chi connectivity index (χ0n) is 12.9. The van der Waals surface area contributed by atoms with Gasteiger partial charge in [0.1, 0.15) is 11.9 Å². The molecule has 0 saturated carbocycles. The van der Waals surface area contributed by atoms with Crippen molar-refractivity contribution in [1.82, 2.24) is 9.97 Å². The lowest BCUT2D eigenvalue weighted by Gasteiger charge is -2.10. The second-order valence-corrected chi connectivity index (χ2v) is 5.99. The first-order valence-corrected chi connectivity index (χ1v) is 8.07. The molecule has 0 spiro atoms. The molecule has 0 bridgehead atoms. The highest BCUT2D eigenvalue weighted by molar-refractivity contribution is 9.10. The molecule has 3 rings (SSSR count). The lowest BCUT2D eigenvalue weighted by Crippen LogP contribution is -2.01. The van der Waals surface area contributed by atoms with Crippen molar-refractivity contribution in [1.29, 1.82) is 5.26 Å². The van der Waals surface area contributed by atoms with Gasteiger partial charge in [0.2, 0.25) is 5.95 Å². The largest absolute Gasteiger partial charge is 0.340 e. The van der Waals surface area contributed by atoms with E-state index in [2.05, 4.69) is 42.6 Å². The first-order valence-electron chi connectivity index (χ1n) is 7.28. The number of nitrogens with zero attached hydrogens (tertiary/aromatic N) is 3. The van der Waals surface area contributed by atoms with Gasteiger partial charge in [-0.2, -0.15) is 10.2 Å². The molecule has 118 valence electrons. The summed E-state index contributed by atoms with van der Waals surface area (Å²) in [6, 6.07) is 17.2. The Kier molecular flexibility index (Phi) is 4.73. The fourth-order valence-corrected chi connectivity index (χ4v) is 2.42. The molecule has 0 unspecified atom stereocenters. The van der Waals surface area contributed by atoms with Crippen LogP contribution in [0.25, 0.3) is 0 Å². The van der Waals surface area contributed by atoms with E-state index in [1.807, 2.05) is 43.3 Å². The van der Waals surface area contributed by atoms with Crippen molar-refractivity contribution in [2.45, 2.75) is 6.92 Å². The Hall–Kier alpha value is -2.91. The Bertz CT molecular complexity index is 917. The molecule has 0 amide bonds. The number of anilines is 4. The highest BCUT2D eigenvalue weighted by Gasteiger charge is 2.05. The van der Waals surface area contributed by atoms with E-state index in [1.165, 1.54) is 0 Å². The zero-order valence-corrected chi connectivity index (χ0v) is 14.5. The highest BCUT2D eigenvalue weighted by atomic mass is 79.9. The molecular weight excluding hydrogens is 366 g/mol. The summed E-state index contributed by atoms with van der Waals surface area (Å²) < 4.78 is 1.06. The maximum Gasteiger partial charge on any atom is 0.229 e. The SMILES string of the molecule is Cc1cc(Nc2ccnc(Nc3ccccc3C#N)n2)ccc1Br. The summed E-state index contributed by atoms with van der Waals surface area (Å²) in [5.74, 6) is 1.10. The van der Waals surface area contributed by atoms with Crippen molar-refractivity contribution in [3.63, 3.8) is 0 Å². The average molecular weight is 380 g/mol. The Labute approximate surface area is 148 Å². The number of hydrogen-bond acceptors (Lipinski definition) is 5. The number of halogens is 1.